The van der Waals surface area contributed by atoms with Crippen LogP contribution in [0.25, 0.3) is 5.52 Å². The minimum Gasteiger partial charge on any atom is -0.328 e. The molecule has 2 aromatic rings. The lowest BCUT2D eigenvalue weighted by Gasteiger charge is -2.25. The fourth-order valence-corrected chi connectivity index (χ4v) is 2.68. The van der Waals surface area contributed by atoms with Crippen molar-refractivity contribution in [3.05, 3.63) is 34.5 Å². The number of hydrogen-bond donors (Lipinski definition) is 2. The summed E-state index contributed by atoms with van der Waals surface area (Å²) in [5.74, 6) is 0.420. The molecule has 1 fully saturated rings. The monoisotopic (exact) mass is 232 g/mol. The largest absolute Gasteiger partial charge is 0.346 e. The summed E-state index contributed by atoms with van der Waals surface area (Å²) < 4.78 is 1.62. The number of hydrogen-bond acceptors (Lipinski definition) is 3. The Morgan fingerprint density at radius 2 is 2.12 bits per heavy atom. The maximum absolute atomic E-state index is 11.6. The highest BCUT2D eigenvalue weighted by Crippen LogP contribution is 2.32. The van der Waals surface area contributed by atoms with E-state index in [0.29, 0.717) is 12.0 Å². The van der Waals surface area contributed by atoms with Gasteiger partial charge in [-0.25, -0.2) is 9.89 Å². The highest BCUT2D eigenvalue weighted by molar-refractivity contribution is 5.52. The van der Waals surface area contributed by atoms with E-state index in [9.17, 15) is 4.79 Å². The zero-order valence-corrected chi connectivity index (χ0v) is 9.60. The van der Waals surface area contributed by atoms with Crippen molar-refractivity contribution in [2.45, 2.75) is 37.6 Å². The van der Waals surface area contributed by atoms with Crippen molar-refractivity contribution < 1.29 is 0 Å². The Labute approximate surface area is 98.6 Å². The first-order chi connectivity index (χ1) is 8.25. The first kappa shape index (κ1) is 10.5. The van der Waals surface area contributed by atoms with Crippen molar-refractivity contribution in [1.82, 2.24) is 14.6 Å². The number of nitrogens with zero attached hydrogens (tertiary/aromatic N) is 2. The van der Waals surface area contributed by atoms with E-state index in [1.54, 1.807) is 10.6 Å². The lowest BCUT2D eigenvalue weighted by molar-refractivity contribution is 0.389. The summed E-state index contributed by atoms with van der Waals surface area (Å²) >= 11 is 0. The van der Waals surface area contributed by atoms with Crippen LogP contribution in [0, 0.1) is 0 Å². The molecule has 0 saturated heterocycles. The highest BCUT2D eigenvalue weighted by Gasteiger charge is 2.23. The number of aromatic nitrogens is 3. The molecule has 3 rings (SSSR count). The van der Waals surface area contributed by atoms with Gasteiger partial charge in [-0.1, -0.05) is 0 Å². The van der Waals surface area contributed by atoms with Crippen LogP contribution >= 0.6 is 0 Å². The molecule has 0 spiro atoms. The van der Waals surface area contributed by atoms with Gasteiger partial charge in [0, 0.05) is 18.2 Å². The second kappa shape index (κ2) is 4.00. The molecule has 1 aliphatic carbocycles. The van der Waals surface area contributed by atoms with Gasteiger partial charge in [-0.3, -0.25) is 4.40 Å². The number of H-pyrrole nitrogens is 1. The minimum absolute atomic E-state index is 0.179. The maximum atomic E-state index is 11.6. The standard InChI is InChI=1S/C12H16N4O/c13-9-5-3-8(4-6-9)11-10-2-1-7-16(10)12(17)15-14-11/h1-2,7-9H,3-6,13H2,(H,15,17). The second-order valence-electron chi connectivity index (χ2n) is 4.79. The number of rotatable bonds is 1. The Morgan fingerprint density at radius 3 is 2.88 bits per heavy atom. The van der Waals surface area contributed by atoms with E-state index in [-0.39, 0.29) is 5.69 Å². The van der Waals surface area contributed by atoms with Crippen LogP contribution < -0.4 is 11.4 Å². The van der Waals surface area contributed by atoms with Gasteiger partial charge in [0.1, 0.15) is 0 Å². The van der Waals surface area contributed by atoms with Gasteiger partial charge in [0.2, 0.25) is 0 Å². The van der Waals surface area contributed by atoms with E-state index in [4.69, 9.17) is 5.73 Å². The lowest BCUT2D eigenvalue weighted by atomic mass is 9.84. The van der Waals surface area contributed by atoms with Crippen LogP contribution in [0.1, 0.15) is 37.3 Å². The van der Waals surface area contributed by atoms with Crippen molar-refractivity contribution in [2.24, 2.45) is 5.73 Å². The van der Waals surface area contributed by atoms with E-state index in [2.05, 4.69) is 10.2 Å². The molecule has 0 unspecified atom stereocenters. The number of nitrogens with one attached hydrogen (secondary N) is 1. The third-order valence-corrected chi connectivity index (χ3v) is 3.66. The molecule has 0 radical (unpaired) electrons. The Kier molecular flexibility index (Phi) is 2.48. The smallest absolute Gasteiger partial charge is 0.328 e. The van der Waals surface area contributed by atoms with Crippen LogP contribution in [0.2, 0.25) is 0 Å². The molecule has 0 atom stereocenters. The summed E-state index contributed by atoms with van der Waals surface area (Å²) in [6.07, 6.45) is 5.96. The number of nitrogens with two attached hydrogens (primary N) is 1. The molecule has 0 bridgehead atoms. The molecule has 17 heavy (non-hydrogen) atoms. The molecule has 2 heterocycles. The molecule has 90 valence electrons. The van der Waals surface area contributed by atoms with Gasteiger partial charge in [-0.2, -0.15) is 5.10 Å². The predicted molar refractivity (Wildman–Crippen MR) is 65.0 cm³/mol. The van der Waals surface area contributed by atoms with Gasteiger partial charge < -0.3 is 5.73 Å². The molecule has 2 aromatic heterocycles. The van der Waals surface area contributed by atoms with Crippen LogP contribution in [-0.2, 0) is 0 Å². The summed E-state index contributed by atoms with van der Waals surface area (Å²) in [7, 11) is 0. The van der Waals surface area contributed by atoms with Gasteiger partial charge in [0.25, 0.3) is 0 Å². The summed E-state index contributed by atoms with van der Waals surface area (Å²) in [4.78, 5) is 11.6. The molecule has 5 heteroatoms. The van der Waals surface area contributed by atoms with Crippen LogP contribution in [0.15, 0.2) is 23.1 Å². The quantitative estimate of drug-likeness (QED) is 0.770. The van der Waals surface area contributed by atoms with Crippen LogP contribution in [-0.4, -0.2) is 20.6 Å². The number of aromatic amines is 1. The molecule has 0 amide bonds. The molecular weight excluding hydrogens is 216 g/mol. The molecule has 3 N–H and O–H groups in total. The SMILES string of the molecule is NC1CCC(c2n[nH]c(=O)n3cccc23)CC1. The van der Waals surface area contributed by atoms with Crippen LogP contribution in [0.5, 0.6) is 0 Å². The van der Waals surface area contributed by atoms with Gasteiger partial charge >= 0.3 is 5.69 Å². The summed E-state index contributed by atoms with van der Waals surface area (Å²) in [6, 6.07) is 4.16. The summed E-state index contributed by atoms with van der Waals surface area (Å²) in [5, 5.41) is 6.79. The van der Waals surface area contributed by atoms with Crippen molar-refractivity contribution in [3.63, 3.8) is 0 Å². The topological polar surface area (TPSA) is 76.2 Å². The Morgan fingerprint density at radius 1 is 1.35 bits per heavy atom. The van der Waals surface area contributed by atoms with E-state index in [0.717, 1.165) is 36.9 Å². The fourth-order valence-electron chi connectivity index (χ4n) is 2.68. The fraction of sp³-hybridized carbons (Fsp3) is 0.500. The van der Waals surface area contributed by atoms with Crippen molar-refractivity contribution >= 4 is 5.52 Å². The third kappa shape index (κ3) is 1.76. The zero-order chi connectivity index (χ0) is 11.8. The van der Waals surface area contributed by atoms with Crippen LogP contribution in [0.3, 0.4) is 0 Å². The normalized spacial score (nSPS) is 25.2. The lowest BCUT2D eigenvalue weighted by Crippen LogP contribution is -2.27. The first-order valence-corrected chi connectivity index (χ1v) is 6.07. The predicted octanol–water partition coefficient (Wildman–Crippen LogP) is 1.01. The van der Waals surface area contributed by atoms with E-state index in [1.165, 1.54) is 0 Å². The molecule has 1 saturated carbocycles. The van der Waals surface area contributed by atoms with Gasteiger partial charge in [-0.15, -0.1) is 0 Å². The Balaban J connectivity index is 2.03. The Bertz CT molecular complexity index is 577. The molecule has 0 aromatic carbocycles. The number of fused-ring (bicyclic) bond motifs is 1. The highest BCUT2D eigenvalue weighted by atomic mass is 16.1. The molecular formula is C12H16N4O. The van der Waals surface area contributed by atoms with Crippen molar-refractivity contribution in [1.29, 1.82) is 0 Å². The zero-order valence-electron chi connectivity index (χ0n) is 9.60. The van der Waals surface area contributed by atoms with Gasteiger partial charge in [0.05, 0.1) is 11.2 Å². The van der Waals surface area contributed by atoms with Crippen molar-refractivity contribution in [2.75, 3.05) is 0 Å². The van der Waals surface area contributed by atoms with Crippen molar-refractivity contribution in [3.8, 4) is 0 Å². The van der Waals surface area contributed by atoms with Gasteiger partial charge in [0.15, 0.2) is 0 Å². The minimum atomic E-state index is -0.179. The average Bonchev–Trinajstić information content (AvgIpc) is 2.81. The molecule has 1 aliphatic rings. The summed E-state index contributed by atoms with van der Waals surface area (Å²) in [6.45, 7) is 0. The second-order valence-corrected chi connectivity index (χ2v) is 4.79. The summed E-state index contributed by atoms with van der Waals surface area (Å²) in [5.41, 5.74) is 7.66. The third-order valence-electron chi connectivity index (χ3n) is 3.66. The van der Waals surface area contributed by atoms with Crippen LogP contribution in [0.4, 0.5) is 0 Å². The molecule has 5 nitrogen and oxygen atoms in total. The van der Waals surface area contributed by atoms with E-state index in [1.807, 2.05) is 12.1 Å². The van der Waals surface area contributed by atoms with E-state index < -0.39 is 0 Å². The molecule has 0 aliphatic heterocycles. The van der Waals surface area contributed by atoms with E-state index >= 15 is 0 Å². The maximum Gasteiger partial charge on any atom is 0.346 e. The Hall–Kier alpha value is -1.62. The average molecular weight is 232 g/mol. The first-order valence-electron chi connectivity index (χ1n) is 6.07. The van der Waals surface area contributed by atoms with Gasteiger partial charge in [-0.05, 0) is 37.8 Å².